The Balaban J connectivity index is 2.03. The first-order chi connectivity index (χ1) is 10.5. The second-order valence-corrected chi connectivity index (χ2v) is 6.79. The highest BCUT2D eigenvalue weighted by Gasteiger charge is 2.54. The van der Waals surface area contributed by atoms with Crippen LogP contribution in [0.25, 0.3) is 0 Å². The molecule has 1 aromatic rings. The second kappa shape index (κ2) is 6.33. The third-order valence-electron chi connectivity index (χ3n) is 3.39. The number of halogens is 5. The van der Waals surface area contributed by atoms with Gasteiger partial charge in [0.25, 0.3) is 5.92 Å². The van der Waals surface area contributed by atoms with Gasteiger partial charge in [0.2, 0.25) is 0 Å². The molecule has 4 nitrogen and oxygen atoms in total. The molecule has 0 spiro atoms. The van der Waals surface area contributed by atoms with Gasteiger partial charge in [-0.25, -0.2) is 8.78 Å². The van der Waals surface area contributed by atoms with E-state index in [2.05, 4.69) is 4.18 Å². The lowest BCUT2D eigenvalue weighted by Crippen LogP contribution is -2.53. The van der Waals surface area contributed by atoms with Gasteiger partial charge in [-0.3, -0.25) is 9.08 Å². The quantitative estimate of drug-likeness (QED) is 0.471. The first-order valence-corrected chi connectivity index (χ1v) is 8.06. The maximum Gasteiger partial charge on any atom is 0.523 e. The summed E-state index contributed by atoms with van der Waals surface area (Å²) in [6.45, 7) is -0.683. The maximum absolute atomic E-state index is 13.9. The van der Waals surface area contributed by atoms with E-state index in [1.807, 2.05) is 0 Å². The molecule has 0 N–H and O–H groups in total. The molecule has 130 valence electrons. The summed E-state index contributed by atoms with van der Waals surface area (Å²) in [5.41, 5.74) is -4.95. The third-order valence-corrected chi connectivity index (χ3v) is 4.44. The zero-order chi connectivity index (χ0) is 17.3. The third kappa shape index (κ3) is 4.39. The van der Waals surface area contributed by atoms with Gasteiger partial charge in [0.05, 0.1) is 6.54 Å². The van der Waals surface area contributed by atoms with Crippen molar-refractivity contribution in [2.45, 2.75) is 30.5 Å². The minimum atomic E-state index is -6.04. The van der Waals surface area contributed by atoms with Gasteiger partial charge in [-0.1, -0.05) is 30.3 Å². The number of rotatable bonds is 4. The van der Waals surface area contributed by atoms with Gasteiger partial charge in [-0.2, -0.15) is 21.6 Å². The molecule has 1 saturated heterocycles. The standard InChI is InChI=1S/C13H14F5NO3S/c14-12(15)9-19(8-10-4-2-1-3-5-10)7-6-11(12)22-23(20,21)13(16,17)18/h1-5,11H,6-9H2/t11-/m0/s1. The first kappa shape index (κ1) is 18.1. The van der Waals surface area contributed by atoms with Crippen molar-refractivity contribution in [1.29, 1.82) is 0 Å². The zero-order valence-electron chi connectivity index (χ0n) is 11.8. The Bertz CT molecular complexity index is 633. The number of alkyl halides is 5. The first-order valence-electron chi connectivity index (χ1n) is 6.65. The SMILES string of the molecule is O=S(=O)(O[C@H]1CCN(Cc2ccccc2)CC1(F)F)C(F)(F)F. The summed E-state index contributed by atoms with van der Waals surface area (Å²) in [5, 5.41) is 0. The largest absolute Gasteiger partial charge is 0.523 e. The van der Waals surface area contributed by atoms with E-state index in [-0.39, 0.29) is 13.1 Å². The van der Waals surface area contributed by atoms with Crippen molar-refractivity contribution in [2.24, 2.45) is 0 Å². The fourth-order valence-electron chi connectivity index (χ4n) is 2.29. The fourth-order valence-corrected chi connectivity index (χ4v) is 2.94. The fraction of sp³-hybridized carbons (Fsp3) is 0.538. The molecule has 0 unspecified atom stereocenters. The number of piperidine rings is 1. The molecule has 0 aliphatic carbocycles. The lowest BCUT2D eigenvalue weighted by molar-refractivity contribution is -0.146. The van der Waals surface area contributed by atoms with Crippen LogP contribution in [-0.2, 0) is 20.8 Å². The molecule has 1 aromatic carbocycles. The molecule has 10 heteroatoms. The van der Waals surface area contributed by atoms with Crippen LogP contribution in [0, 0.1) is 0 Å². The van der Waals surface area contributed by atoms with E-state index >= 15 is 0 Å². The van der Waals surface area contributed by atoms with Gasteiger partial charge in [0.15, 0.2) is 0 Å². The Morgan fingerprint density at radius 2 is 1.83 bits per heavy atom. The Kier molecular flexibility index (Phi) is 4.97. The van der Waals surface area contributed by atoms with Crippen LogP contribution < -0.4 is 0 Å². The molecule has 0 bridgehead atoms. The van der Waals surface area contributed by atoms with Crippen molar-refractivity contribution >= 4 is 10.1 Å². The van der Waals surface area contributed by atoms with Crippen molar-refractivity contribution in [3.8, 4) is 0 Å². The highest BCUT2D eigenvalue weighted by atomic mass is 32.2. The molecule has 1 aliphatic rings. The van der Waals surface area contributed by atoms with Gasteiger partial charge in [-0.15, -0.1) is 0 Å². The normalized spacial score (nSPS) is 22.9. The molecule has 0 saturated carbocycles. The Morgan fingerprint density at radius 1 is 1.22 bits per heavy atom. The average molecular weight is 359 g/mol. The van der Waals surface area contributed by atoms with Crippen LogP contribution in [-0.4, -0.2) is 43.9 Å². The highest BCUT2D eigenvalue weighted by Crippen LogP contribution is 2.35. The highest BCUT2D eigenvalue weighted by molar-refractivity contribution is 7.87. The number of nitrogens with zero attached hydrogens (tertiary/aromatic N) is 1. The predicted molar refractivity (Wildman–Crippen MR) is 71.1 cm³/mol. The van der Waals surface area contributed by atoms with E-state index in [0.717, 1.165) is 5.56 Å². The Morgan fingerprint density at radius 3 is 2.35 bits per heavy atom. The van der Waals surface area contributed by atoms with E-state index in [9.17, 15) is 30.4 Å². The maximum atomic E-state index is 13.9. The van der Waals surface area contributed by atoms with E-state index in [4.69, 9.17) is 0 Å². The van der Waals surface area contributed by atoms with Crippen LogP contribution in [0.2, 0.25) is 0 Å². The van der Waals surface area contributed by atoms with Crippen LogP contribution in [0.15, 0.2) is 30.3 Å². The van der Waals surface area contributed by atoms with E-state index in [0.29, 0.717) is 0 Å². The van der Waals surface area contributed by atoms with Crippen LogP contribution in [0.5, 0.6) is 0 Å². The minimum absolute atomic E-state index is 0.00251. The molecule has 0 amide bonds. The average Bonchev–Trinajstić information content (AvgIpc) is 2.41. The number of likely N-dealkylation sites (tertiary alicyclic amines) is 1. The van der Waals surface area contributed by atoms with E-state index in [1.54, 1.807) is 30.3 Å². The van der Waals surface area contributed by atoms with Crippen LogP contribution >= 0.6 is 0 Å². The van der Waals surface area contributed by atoms with Crippen molar-refractivity contribution in [3.63, 3.8) is 0 Å². The molecule has 1 heterocycles. The van der Waals surface area contributed by atoms with Gasteiger partial charge < -0.3 is 0 Å². The summed E-state index contributed by atoms with van der Waals surface area (Å²) in [5.74, 6) is -3.70. The Hall–Kier alpha value is -1.26. The summed E-state index contributed by atoms with van der Waals surface area (Å²) in [4.78, 5) is 1.34. The summed E-state index contributed by atoms with van der Waals surface area (Å²) >= 11 is 0. The molecule has 23 heavy (non-hydrogen) atoms. The zero-order valence-corrected chi connectivity index (χ0v) is 12.6. The summed E-state index contributed by atoms with van der Waals surface area (Å²) < 4.78 is 90.1. The van der Waals surface area contributed by atoms with E-state index < -0.39 is 40.6 Å². The van der Waals surface area contributed by atoms with Crippen molar-refractivity contribution in [3.05, 3.63) is 35.9 Å². The van der Waals surface area contributed by atoms with E-state index in [1.165, 1.54) is 4.90 Å². The van der Waals surface area contributed by atoms with Crippen LogP contribution in [0.1, 0.15) is 12.0 Å². The molecule has 0 radical (unpaired) electrons. The molecular formula is C13H14F5NO3S. The van der Waals surface area contributed by atoms with Gasteiger partial charge >= 0.3 is 15.6 Å². The topological polar surface area (TPSA) is 46.6 Å². The van der Waals surface area contributed by atoms with Gasteiger partial charge in [-0.05, 0) is 12.0 Å². The summed E-state index contributed by atoms with van der Waals surface area (Å²) in [7, 11) is -6.04. The molecule has 0 aromatic heterocycles. The minimum Gasteiger partial charge on any atom is -0.293 e. The summed E-state index contributed by atoms with van der Waals surface area (Å²) in [6, 6.07) is 8.70. The van der Waals surface area contributed by atoms with Crippen LogP contribution in [0.4, 0.5) is 22.0 Å². The van der Waals surface area contributed by atoms with Crippen molar-refractivity contribution < 1.29 is 34.6 Å². The number of hydrogen-bond donors (Lipinski definition) is 0. The second-order valence-electron chi connectivity index (χ2n) is 5.23. The van der Waals surface area contributed by atoms with Gasteiger partial charge in [0.1, 0.15) is 6.10 Å². The lowest BCUT2D eigenvalue weighted by Gasteiger charge is -2.37. The molecule has 1 aliphatic heterocycles. The van der Waals surface area contributed by atoms with Crippen molar-refractivity contribution in [1.82, 2.24) is 4.90 Å². The predicted octanol–water partition coefficient (Wildman–Crippen LogP) is 2.76. The van der Waals surface area contributed by atoms with Crippen molar-refractivity contribution in [2.75, 3.05) is 13.1 Å². The Labute approximate surface area is 130 Å². The molecule has 2 rings (SSSR count). The number of benzene rings is 1. The molecule has 1 atom stereocenters. The number of hydrogen-bond acceptors (Lipinski definition) is 4. The monoisotopic (exact) mass is 359 g/mol. The molecule has 1 fully saturated rings. The molecular weight excluding hydrogens is 345 g/mol. The smallest absolute Gasteiger partial charge is 0.293 e. The van der Waals surface area contributed by atoms with Gasteiger partial charge in [0, 0.05) is 13.1 Å². The summed E-state index contributed by atoms with van der Waals surface area (Å²) in [6.07, 6.45) is -2.84. The van der Waals surface area contributed by atoms with Crippen LogP contribution in [0.3, 0.4) is 0 Å². The lowest BCUT2D eigenvalue weighted by atomic mass is 10.0.